The van der Waals surface area contributed by atoms with Crippen LogP contribution in [0.25, 0.3) is 0 Å². The number of ether oxygens (including phenoxy) is 2. The summed E-state index contributed by atoms with van der Waals surface area (Å²) in [5, 5.41) is 9.55. The zero-order valence-corrected chi connectivity index (χ0v) is 11.3. The Kier molecular flexibility index (Phi) is 4.40. The molecule has 0 heterocycles. The summed E-state index contributed by atoms with van der Waals surface area (Å²) in [4.78, 5) is 0. The normalized spacial score (nSPS) is 11.4. The molecule has 1 rings (SSSR count). The fourth-order valence-electron chi connectivity index (χ4n) is 2.14. The van der Waals surface area contributed by atoms with Crippen LogP contribution in [0.4, 0.5) is 0 Å². The number of hydrogen-bond acceptors (Lipinski definition) is 3. The molecular weight excluding hydrogens is 216 g/mol. The lowest BCUT2D eigenvalue weighted by Gasteiger charge is -2.28. The van der Waals surface area contributed by atoms with Gasteiger partial charge in [-0.25, -0.2) is 0 Å². The van der Waals surface area contributed by atoms with E-state index in [-0.39, 0.29) is 12.0 Å². The number of methoxy groups -OCH3 is 2. The van der Waals surface area contributed by atoms with E-state index in [4.69, 9.17) is 9.47 Å². The first kappa shape index (κ1) is 13.8. The van der Waals surface area contributed by atoms with Gasteiger partial charge in [-0.05, 0) is 18.6 Å². The molecule has 0 aromatic heterocycles. The lowest BCUT2D eigenvalue weighted by molar-refractivity contribution is 0.213. The Bertz CT molecular complexity index is 383. The van der Waals surface area contributed by atoms with Crippen LogP contribution in [0, 0.1) is 0 Å². The highest BCUT2D eigenvalue weighted by Gasteiger charge is 2.28. The van der Waals surface area contributed by atoms with Crippen molar-refractivity contribution in [1.29, 1.82) is 0 Å². The average molecular weight is 238 g/mol. The van der Waals surface area contributed by atoms with E-state index >= 15 is 0 Å². The fraction of sp³-hybridized carbons (Fsp3) is 0.571. The van der Waals surface area contributed by atoms with Crippen LogP contribution < -0.4 is 9.47 Å². The van der Waals surface area contributed by atoms with Crippen molar-refractivity contribution in [1.82, 2.24) is 0 Å². The molecule has 0 radical (unpaired) electrons. The van der Waals surface area contributed by atoms with Crippen molar-refractivity contribution >= 4 is 0 Å². The first-order valence-corrected chi connectivity index (χ1v) is 5.87. The van der Waals surface area contributed by atoms with Gasteiger partial charge in [0.2, 0.25) is 0 Å². The van der Waals surface area contributed by atoms with Crippen molar-refractivity contribution in [3.63, 3.8) is 0 Å². The predicted octanol–water partition coefficient (Wildman–Crippen LogP) is 2.54. The van der Waals surface area contributed by atoms with Gasteiger partial charge in [-0.15, -0.1) is 0 Å². The minimum atomic E-state index is -0.342. The van der Waals surface area contributed by atoms with Crippen LogP contribution >= 0.6 is 0 Å². The van der Waals surface area contributed by atoms with Crippen molar-refractivity contribution < 1.29 is 14.6 Å². The van der Waals surface area contributed by atoms with Gasteiger partial charge in [0.15, 0.2) is 0 Å². The predicted molar refractivity (Wildman–Crippen MR) is 69.0 cm³/mol. The average Bonchev–Trinajstić information content (AvgIpc) is 2.36. The molecule has 0 aliphatic carbocycles. The molecule has 0 fully saturated rings. The van der Waals surface area contributed by atoms with Gasteiger partial charge in [-0.2, -0.15) is 0 Å². The summed E-state index contributed by atoms with van der Waals surface area (Å²) in [6, 6.07) is 3.80. The smallest absolute Gasteiger partial charge is 0.123 e. The highest BCUT2D eigenvalue weighted by Crippen LogP contribution is 2.39. The Balaban J connectivity index is 3.51. The van der Waals surface area contributed by atoms with Gasteiger partial charge in [0.1, 0.15) is 11.5 Å². The third kappa shape index (κ3) is 2.55. The maximum atomic E-state index is 9.55. The Labute approximate surface area is 103 Å². The van der Waals surface area contributed by atoms with Crippen LogP contribution in [0.15, 0.2) is 12.1 Å². The minimum absolute atomic E-state index is 0.0729. The number of rotatable bonds is 5. The summed E-state index contributed by atoms with van der Waals surface area (Å²) in [5.74, 6) is 1.66. The van der Waals surface area contributed by atoms with Gasteiger partial charge in [0, 0.05) is 16.5 Å². The van der Waals surface area contributed by atoms with Gasteiger partial charge in [-0.3, -0.25) is 0 Å². The summed E-state index contributed by atoms with van der Waals surface area (Å²) in [6.45, 7) is 6.16. The standard InChI is InChI=1S/C14H22O3/c1-6-10-11(16-4)7-8-12(17-5)13(10)14(2,3)9-15/h7-8,15H,6,9H2,1-5H3. The quantitative estimate of drug-likeness (QED) is 0.856. The molecule has 0 unspecified atom stereocenters. The molecular formula is C14H22O3. The second kappa shape index (κ2) is 5.41. The molecule has 17 heavy (non-hydrogen) atoms. The molecule has 3 heteroatoms. The Hall–Kier alpha value is -1.22. The van der Waals surface area contributed by atoms with E-state index in [0.29, 0.717) is 0 Å². The first-order valence-electron chi connectivity index (χ1n) is 5.87. The number of aliphatic hydroxyl groups is 1. The van der Waals surface area contributed by atoms with Crippen LogP contribution in [0.2, 0.25) is 0 Å². The van der Waals surface area contributed by atoms with Crippen LogP contribution in [-0.2, 0) is 11.8 Å². The lowest BCUT2D eigenvalue weighted by Crippen LogP contribution is -2.25. The maximum absolute atomic E-state index is 9.55. The molecule has 0 bridgehead atoms. The third-order valence-corrected chi connectivity index (χ3v) is 3.10. The second-order valence-corrected chi connectivity index (χ2v) is 4.72. The molecule has 1 aromatic rings. The number of benzene rings is 1. The van der Waals surface area contributed by atoms with Gasteiger partial charge in [0.25, 0.3) is 0 Å². The highest BCUT2D eigenvalue weighted by molar-refractivity contribution is 5.52. The van der Waals surface area contributed by atoms with Crippen LogP contribution in [0.1, 0.15) is 31.9 Å². The van der Waals surface area contributed by atoms with E-state index in [1.165, 1.54) is 0 Å². The lowest BCUT2D eigenvalue weighted by atomic mass is 9.80. The van der Waals surface area contributed by atoms with E-state index in [9.17, 15) is 5.11 Å². The van der Waals surface area contributed by atoms with Crippen LogP contribution in [0.5, 0.6) is 11.5 Å². The molecule has 0 saturated carbocycles. The van der Waals surface area contributed by atoms with Gasteiger partial charge in [0.05, 0.1) is 20.8 Å². The largest absolute Gasteiger partial charge is 0.496 e. The Morgan fingerprint density at radius 1 is 1.12 bits per heavy atom. The summed E-state index contributed by atoms with van der Waals surface area (Å²) in [7, 11) is 3.31. The molecule has 0 saturated heterocycles. The van der Waals surface area contributed by atoms with E-state index in [2.05, 4.69) is 6.92 Å². The summed E-state index contributed by atoms with van der Waals surface area (Å²) < 4.78 is 10.8. The van der Waals surface area contributed by atoms with Crippen molar-refractivity contribution in [2.75, 3.05) is 20.8 Å². The molecule has 1 N–H and O–H groups in total. The van der Waals surface area contributed by atoms with Gasteiger partial charge >= 0.3 is 0 Å². The molecule has 3 nitrogen and oxygen atoms in total. The van der Waals surface area contributed by atoms with Crippen molar-refractivity contribution in [3.8, 4) is 11.5 Å². The van der Waals surface area contributed by atoms with Crippen molar-refractivity contribution in [2.45, 2.75) is 32.6 Å². The molecule has 0 atom stereocenters. The zero-order chi connectivity index (χ0) is 13.1. The molecule has 96 valence electrons. The molecule has 0 aliphatic rings. The highest BCUT2D eigenvalue weighted by atomic mass is 16.5. The van der Waals surface area contributed by atoms with Crippen molar-refractivity contribution in [2.24, 2.45) is 0 Å². The van der Waals surface area contributed by atoms with Crippen LogP contribution in [0.3, 0.4) is 0 Å². The van der Waals surface area contributed by atoms with E-state index in [1.54, 1.807) is 14.2 Å². The zero-order valence-electron chi connectivity index (χ0n) is 11.3. The van der Waals surface area contributed by atoms with Gasteiger partial charge in [-0.1, -0.05) is 20.8 Å². The minimum Gasteiger partial charge on any atom is -0.496 e. The van der Waals surface area contributed by atoms with Crippen molar-refractivity contribution in [3.05, 3.63) is 23.3 Å². The monoisotopic (exact) mass is 238 g/mol. The number of hydrogen-bond donors (Lipinski definition) is 1. The van der Waals surface area contributed by atoms with Crippen LogP contribution in [-0.4, -0.2) is 25.9 Å². The Morgan fingerprint density at radius 3 is 2.06 bits per heavy atom. The first-order chi connectivity index (χ1) is 8.01. The van der Waals surface area contributed by atoms with E-state index in [1.807, 2.05) is 26.0 Å². The van der Waals surface area contributed by atoms with Gasteiger partial charge < -0.3 is 14.6 Å². The van der Waals surface area contributed by atoms with E-state index in [0.717, 1.165) is 29.0 Å². The fourth-order valence-corrected chi connectivity index (χ4v) is 2.14. The SMILES string of the molecule is CCc1c(OC)ccc(OC)c1C(C)(C)CO. The topological polar surface area (TPSA) is 38.7 Å². The second-order valence-electron chi connectivity index (χ2n) is 4.72. The molecule has 0 amide bonds. The maximum Gasteiger partial charge on any atom is 0.123 e. The molecule has 0 aliphatic heterocycles. The molecule has 0 spiro atoms. The summed E-state index contributed by atoms with van der Waals surface area (Å²) in [5.41, 5.74) is 1.79. The molecule has 1 aromatic carbocycles. The Morgan fingerprint density at radius 2 is 1.65 bits per heavy atom. The third-order valence-electron chi connectivity index (χ3n) is 3.10. The number of aliphatic hydroxyl groups excluding tert-OH is 1. The summed E-state index contributed by atoms with van der Waals surface area (Å²) in [6.07, 6.45) is 0.846. The summed E-state index contributed by atoms with van der Waals surface area (Å²) >= 11 is 0. The van der Waals surface area contributed by atoms with E-state index < -0.39 is 0 Å².